The number of ketones is 1. The summed E-state index contributed by atoms with van der Waals surface area (Å²) in [5.41, 5.74) is 4.09. The number of hydrogen-bond donors (Lipinski definition) is 1. The Balaban J connectivity index is 3.45. The molecular weight excluding hydrogens is 210 g/mol. The van der Waals surface area contributed by atoms with Crippen LogP contribution < -0.4 is 5.32 Å². The number of benzene rings is 1. The fourth-order valence-corrected chi connectivity index (χ4v) is 2.14. The van der Waals surface area contributed by atoms with Crippen molar-refractivity contribution in [2.75, 3.05) is 7.05 Å². The fraction of sp³-hybridized carbons (Fsp3) is 0.400. The minimum absolute atomic E-state index is 0.132. The highest BCUT2D eigenvalue weighted by atomic mass is 16.1. The molecule has 0 aromatic heterocycles. The van der Waals surface area contributed by atoms with E-state index in [9.17, 15) is 4.79 Å². The van der Waals surface area contributed by atoms with Gasteiger partial charge in [-0.25, -0.2) is 0 Å². The summed E-state index contributed by atoms with van der Waals surface area (Å²) >= 11 is 0. The number of nitrogens with one attached hydrogen (secondary N) is 1. The maximum atomic E-state index is 11.8. The van der Waals surface area contributed by atoms with Crippen LogP contribution in [0.2, 0.25) is 0 Å². The Morgan fingerprint density at radius 3 is 2.24 bits per heavy atom. The molecule has 17 heavy (non-hydrogen) atoms. The highest BCUT2D eigenvalue weighted by molar-refractivity contribution is 6.01. The molecule has 0 radical (unpaired) electrons. The molecule has 1 aromatic rings. The third-order valence-corrected chi connectivity index (χ3v) is 2.89. The lowest BCUT2D eigenvalue weighted by Crippen LogP contribution is -2.16. The van der Waals surface area contributed by atoms with Crippen molar-refractivity contribution in [2.45, 2.75) is 27.7 Å². The molecule has 0 saturated carbocycles. The topological polar surface area (TPSA) is 29.1 Å². The average molecular weight is 231 g/mol. The van der Waals surface area contributed by atoms with E-state index >= 15 is 0 Å². The molecule has 1 rings (SSSR count). The number of Topliss-reactive ketones (excluding diaryl/α,β-unsaturated/α-hetero) is 1. The number of carbonyl (C=O) groups is 1. The zero-order valence-electron chi connectivity index (χ0n) is 11.3. The summed E-state index contributed by atoms with van der Waals surface area (Å²) in [7, 11) is 1.87. The van der Waals surface area contributed by atoms with Crippen molar-refractivity contribution in [2.24, 2.45) is 5.92 Å². The second kappa shape index (κ2) is 5.67. The largest absolute Gasteiger partial charge is 0.387 e. The Bertz CT molecular complexity index is 444. The van der Waals surface area contributed by atoms with E-state index in [-0.39, 0.29) is 11.7 Å². The SMILES string of the molecule is CN/C(=C(\C(C)=O)C(C)C)c1ccccc1C. The van der Waals surface area contributed by atoms with E-state index in [1.807, 2.05) is 39.1 Å². The van der Waals surface area contributed by atoms with Crippen LogP contribution in [0.4, 0.5) is 0 Å². The molecule has 1 N–H and O–H groups in total. The number of hydrogen-bond acceptors (Lipinski definition) is 2. The molecule has 0 saturated heterocycles. The second-order valence-corrected chi connectivity index (χ2v) is 4.56. The molecule has 0 aliphatic heterocycles. The first-order valence-corrected chi connectivity index (χ1v) is 5.97. The Kier molecular flexibility index (Phi) is 4.50. The van der Waals surface area contributed by atoms with Gasteiger partial charge in [0.05, 0.1) is 0 Å². The summed E-state index contributed by atoms with van der Waals surface area (Å²) in [5, 5.41) is 3.18. The highest BCUT2D eigenvalue weighted by Gasteiger charge is 2.16. The molecule has 0 spiro atoms. The van der Waals surface area contributed by atoms with E-state index in [2.05, 4.69) is 18.3 Å². The van der Waals surface area contributed by atoms with Gasteiger partial charge in [-0.05, 0) is 25.3 Å². The molecule has 0 aliphatic rings. The maximum absolute atomic E-state index is 11.8. The molecule has 0 unspecified atom stereocenters. The third-order valence-electron chi connectivity index (χ3n) is 2.89. The van der Waals surface area contributed by atoms with Crippen LogP contribution in [0.15, 0.2) is 29.8 Å². The van der Waals surface area contributed by atoms with Crippen molar-refractivity contribution in [3.8, 4) is 0 Å². The van der Waals surface area contributed by atoms with E-state index in [1.165, 1.54) is 5.56 Å². The Hall–Kier alpha value is -1.57. The second-order valence-electron chi connectivity index (χ2n) is 4.56. The number of rotatable bonds is 4. The number of aryl methyl sites for hydroxylation is 1. The predicted octanol–water partition coefficient (Wildman–Crippen LogP) is 3.17. The lowest BCUT2D eigenvalue weighted by atomic mass is 9.92. The van der Waals surface area contributed by atoms with Gasteiger partial charge < -0.3 is 5.32 Å². The monoisotopic (exact) mass is 231 g/mol. The molecule has 0 fully saturated rings. The van der Waals surface area contributed by atoms with Gasteiger partial charge >= 0.3 is 0 Å². The van der Waals surface area contributed by atoms with Crippen LogP contribution in [0.3, 0.4) is 0 Å². The lowest BCUT2D eigenvalue weighted by Gasteiger charge is -2.18. The van der Waals surface area contributed by atoms with Crippen LogP contribution in [0.5, 0.6) is 0 Å². The van der Waals surface area contributed by atoms with Crippen LogP contribution in [0, 0.1) is 12.8 Å². The summed E-state index contributed by atoms with van der Waals surface area (Å²) < 4.78 is 0. The molecule has 1 aromatic carbocycles. The van der Waals surface area contributed by atoms with Gasteiger partial charge in [-0.2, -0.15) is 0 Å². The van der Waals surface area contributed by atoms with Gasteiger partial charge in [0, 0.05) is 23.9 Å². The van der Waals surface area contributed by atoms with E-state index in [0.29, 0.717) is 0 Å². The first kappa shape index (κ1) is 13.5. The summed E-state index contributed by atoms with van der Waals surface area (Å²) in [6.07, 6.45) is 0. The van der Waals surface area contributed by atoms with E-state index in [0.717, 1.165) is 16.8 Å². The molecule has 0 aliphatic carbocycles. The molecule has 2 nitrogen and oxygen atoms in total. The standard InChI is InChI=1S/C15H21NO/c1-10(2)14(12(4)17)15(16-5)13-9-7-6-8-11(13)3/h6-10,16H,1-5H3/b15-14-. The van der Waals surface area contributed by atoms with Crippen molar-refractivity contribution in [1.29, 1.82) is 0 Å². The van der Waals surface area contributed by atoms with E-state index < -0.39 is 0 Å². The molecule has 92 valence electrons. The quantitative estimate of drug-likeness (QED) is 0.806. The number of carbonyl (C=O) groups excluding carboxylic acids is 1. The summed E-state index contributed by atoms with van der Waals surface area (Å²) in [5.74, 6) is 0.349. The van der Waals surface area contributed by atoms with E-state index in [4.69, 9.17) is 0 Å². The van der Waals surface area contributed by atoms with Gasteiger partial charge in [0.25, 0.3) is 0 Å². The Labute approximate surface area is 104 Å². The molecule has 0 amide bonds. The normalized spacial score (nSPS) is 12.4. The zero-order chi connectivity index (χ0) is 13.0. The fourth-order valence-electron chi connectivity index (χ4n) is 2.14. The van der Waals surface area contributed by atoms with Crippen LogP contribution >= 0.6 is 0 Å². The molecule has 2 heteroatoms. The summed E-state index contributed by atoms with van der Waals surface area (Å²) in [6, 6.07) is 8.12. The van der Waals surface area contributed by atoms with E-state index in [1.54, 1.807) is 6.92 Å². The summed E-state index contributed by atoms with van der Waals surface area (Å²) in [6.45, 7) is 7.79. The average Bonchev–Trinajstić information content (AvgIpc) is 2.25. The highest BCUT2D eigenvalue weighted by Crippen LogP contribution is 2.24. The van der Waals surface area contributed by atoms with Gasteiger partial charge in [0.1, 0.15) is 0 Å². The third kappa shape index (κ3) is 2.96. The van der Waals surface area contributed by atoms with Crippen molar-refractivity contribution < 1.29 is 4.79 Å². The smallest absolute Gasteiger partial charge is 0.158 e. The van der Waals surface area contributed by atoms with Crippen LogP contribution in [-0.4, -0.2) is 12.8 Å². The zero-order valence-corrected chi connectivity index (χ0v) is 11.3. The van der Waals surface area contributed by atoms with Gasteiger partial charge in [-0.1, -0.05) is 38.1 Å². The van der Waals surface area contributed by atoms with Crippen molar-refractivity contribution in [1.82, 2.24) is 5.32 Å². The Morgan fingerprint density at radius 1 is 1.24 bits per heavy atom. The molecule has 0 bridgehead atoms. The predicted molar refractivity (Wildman–Crippen MR) is 72.7 cm³/mol. The summed E-state index contributed by atoms with van der Waals surface area (Å²) in [4.78, 5) is 11.8. The molecule has 0 heterocycles. The first-order valence-electron chi connectivity index (χ1n) is 5.97. The molecular formula is C15H21NO. The first-order chi connectivity index (χ1) is 7.99. The minimum atomic E-state index is 0.132. The Morgan fingerprint density at radius 2 is 1.82 bits per heavy atom. The van der Waals surface area contributed by atoms with Crippen LogP contribution in [0.1, 0.15) is 31.9 Å². The van der Waals surface area contributed by atoms with Crippen molar-refractivity contribution in [3.05, 3.63) is 41.0 Å². The lowest BCUT2D eigenvalue weighted by molar-refractivity contribution is -0.114. The van der Waals surface area contributed by atoms with Gasteiger partial charge in [0.2, 0.25) is 0 Å². The van der Waals surface area contributed by atoms with Gasteiger partial charge in [-0.15, -0.1) is 0 Å². The maximum Gasteiger partial charge on any atom is 0.158 e. The molecule has 0 atom stereocenters. The van der Waals surface area contributed by atoms with Crippen molar-refractivity contribution >= 4 is 11.5 Å². The van der Waals surface area contributed by atoms with Gasteiger partial charge in [-0.3, -0.25) is 4.79 Å². The van der Waals surface area contributed by atoms with Gasteiger partial charge in [0.15, 0.2) is 5.78 Å². The minimum Gasteiger partial charge on any atom is -0.387 e. The van der Waals surface area contributed by atoms with Crippen molar-refractivity contribution in [3.63, 3.8) is 0 Å². The van der Waals surface area contributed by atoms with Crippen LogP contribution in [0.25, 0.3) is 5.70 Å². The number of allylic oxidation sites excluding steroid dienone is 1. The van der Waals surface area contributed by atoms with Crippen LogP contribution in [-0.2, 0) is 4.79 Å².